The summed E-state index contributed by atoms with van der Waals surface area (Å²) in [6.45, 7) is 0. The van der Waals surface area contributed by atoms with E-state index < -0.39 is 28.5 Å². The molecule has 0 fully saturated rings. The minimum absolute atomic E-state index is 0.312. The van der Waals surface area contributed by atoms with Gasteiger partial charge < -0.3 is 0 Å². The maximum Gasteiger partial charge on any atom is 0.272 e. The minimum Gasteiger partial charge on any atom is -0.274 e. The third-order valence-electron chi connectivity index (χ3n) is 1.55. The van der Waals surface area contributed by atoms with Gasteiger partial charge in [-0.25, -0.2) is 13.8 Å². The Hall–Kier alpha value is -1.25. The molecule has 1 aromatic rings. The number of nitrogens with zero attached hydrogens (tertiary/aromatic N) is 2. The summed E-state index contributed by atoms with van der Waals surface area (Å²) < 4.78 is 24.9. The van der Waals surface area contributed by atoms with Crippen LogP contribution in [0.3, 0.4) is 0 Å². The third-order valence-corrected chi connectivity index (χ3v) is 1.92. The van der Waals surface area contributed by atoms with Gasteiger partial charge in [-0.05, 0) is 17.7 Å². The van der Waals surface area contributed by atoms with Gasteiger partial charge in [0.2, 0.25) is 0 Å². The van der Waals surface area contributed by atoms with Gasteiger partial charge in [0.15, 0.2) is 0 Å². The second-order valence-electron chi connectivity index (χ2n) is 2.44. The van der Waals surface area contributed by atoms with Crippen LogP contribution in [0.15, 0.2) is 6.07 Å². The zero-order valence-corrected chi connectivity index (χ0v) is 8.48. The van der Waals surface area contributed by atoms with Crippen LogP contribution in [0, 0.1) is 11.3 Å². The average Bonchev–Trinajstić information content (AvgIpc) is 2.16. The van der Waals surface area contributed by atoms with Gasteiger partial charge in [-0.15, -0.1) is 0 Å². The van der Waals surface area contributed by atoms with E-state index in [4.69, 9.17) is 28.5 Å². The van der Waals surface area contributed by atoms with Crippen LogP contribution in [0.1, 0.15) is 28.0 Å². The van der Waals surface area contributed by atoms with Gasteiger partial charge in [-0.2, -0.15) is 5.26 Å². The molecule has 15 heavy (non-hydrogen) atoms. The Balaban J connectivity index is 3.54. The molecule has 0 aliphatic rings. The molecule has 1 heterocycles. The van der Waals surface area contributed by atoms with Gasteiger partial charge in [0.1, 0.15) is 16.9 Å². The Labute approximate surface area is 93.2 Å². The van der Waals surface area contributed by atoms with Crippen molar-refractivity contribution in [2.75, 3.05) is 0 Å². The standard InChI is InChI=1S/C8H2Cl2F2N2O/c9-5-1-3(8(11)12)4(2-13)6(14-5)7(10)15/h1,8H. The SMILES string of the molecule is N#Cc1c(C(F)F)cc(Cl)nc1C(=O)Cl. The lowest BCUT2D eigenvalue weighted by Gasteiger charge is -2.05. The highest BCUT2D eigenvalue weighted by Gasteiger charge is 2.21. The van der Waals surface area contributed by atoms with Crippen LogP contribution < -0.4 is 0 Å². The highest BCUT2D eigenvalue weighted by molar-refractivity contribution is 6.67. The molecule has 0 N–H and O–H groups in total. The van der Waals surface area contributed by atoms with Crippen LogP contribution in [-0.4, -0.2) is 10.2 Å². The molecule has 0 spiro atoms. The van der Waals surface area contributed by atoms with Crippen LogP contribution in [0.2, 0.25) is 5.15 Å². The Morgan fingerprint density at radius 3 is 2.60 bits per heavy atom. The first-order chi connectivity index (χ1) is 6.97. The molecule has 1 aromatic heterocycles. The number of hydrogen-bond donors (Lipinski definition) is 0. The van der Waals surface area contributed by atoms with Crippen LogP contribution in [0.5, 0.6) is 0 Å². The van der Waals surface area contributed by atoms with E-state index in [9.17, 15) is 13.6 Å². The van der Waals surface area contributed by atoms with E-state index >= 15 is 0 Å². The first-order valence-electron chi connectivity index (χ1n) is 3.56. The van der Waals surface area contributed by atoms with E-state index in [0.717, 1.165) is 6.07 Å². The molecule has 0 saturated heterocycles. The summed E-state index contributed by atoms with van der Waals surface area (Å²) in [5.74, 6) is 0. The molecule has 78 valence electrons. The maximum absolute atomic E-state index is 12.4. The number of carbonyl (C=O) groups excluding carboxylic acids is 1. The van der Waals surface area contributed by atoms with Crippen molar-refractivity contribution in [3.63, 3.8) is 0 Å². The summed E-state index contributed by atoms with van der Waals surface area (Å²) in [6.07, 6.45) is -2.92. The quantitative estimate of drug-likeness (QED) is 0.599. The lowest BCUT2D eigenvalue weighted by Crippen LogP contribution is -2.04. The van der Waals surface area contributed by atoms with Gasteiger partial charge in [0, 0.05) is 5.56 Å². The number of hydrogen-bond acceptors (Lipinski definition) is 3. The summed E-state index contributed by atoms with van der Waals surface area (Å²) in [5, 5.41) is 7.20. The predicted molar refractivity (Wildman–Crippen MR) is 49.1 cm³/mol. The van der Waals surface area contributed by atoms with Crippen LogP contribution in [0.25, 0.3) is 0 Å². The number of alkyl halides is 2. The molecule has 0 aliphatic heterocycles. The van der Waals surface area contributed by atoms with Crippen LogP contribution in [-0.2, 0) is 0 Å². The normalized spacial score (nSPS) is 10.1. The van der Waals surface area contributed by atoms with Crippen molar-refractivity contribution < 1.29 is 13.6 Å². The topological polar surface area (TPSA) is 53.8 Å². The molecule has 3 nitrogen and oxygen atoms in total. The molecule has 0 amide bonds. The van der Waals surface area contributed by atoms with E-state index in [-0.39, 0.29) is 5.15 Å². The number of halogens is 4. The van der Waals surface area contributed by atoms with Crippen molar-refractivity contribution >= 4 is 28.4 Å². The van der Waals surface area contributed by atoms with E-state index in [1.807, 2.05) is 0 Å². The van der Waals surface area contributed by atoms with Gasteiger partial charge >= 0.3 is 0 Å². The van der Waals surface area contributed by atoms with Crippen molar-refractivity contribution in [3.8, 4) is 6.07 Å². The summed E-state index contributed by atoms with van der Waals surface area (Å²) in [5.41, 5.74) is -1.75. The first-order valence-corrected chi connectivity index (χ1v) is 4.31. The fourth-order valence-corrected chi connectivity index (χ4v) is 1.30. The number of rotatable bonds is 2. The highest BCUT2D eigenvalue weighted by Crippen LogP contribution is 2.27. The Kier molecular flexibility index (Phi) is 3.56. The van der Waals surface area contributed by atoms with Crippen molar-refractivity contribution in [2.45, 2.75) is 6.43 Å². The van der Waals surface area contributed by atoms with E-state index in [2.05, 4.69) is 4.98 Å². The van der Waals surface area contributed by atoms with Crippen molar-refractivity contribution in [1.29, 1.82) is 5.26 Å². The van der Waals surface area contributed by atoms with E-state index in [0.29, 0.717) is 0 Å². The van der Waals surface area contributed by atoms with Crippen LogP contribution >= 0.6 is 23.2 Å². The first kappa shape index (κ1) is 11.8. The molecular formula is C8H2Cl2F2N2O. The van der Waals surface area contributed by atoms with Gasteiger partial charge in [0.05, 0.1) is 5.56 Å². The highest BCUT2D eigenvalue weighted by atomic mass is 35.5. The van der Waals surface area contributed by atoms with Crippen molar-refractivity contribution in [3.05, 3.63) is 28.0 Å². The molecule has 0 bridgehead atoms. The van der Waals surface area contributed by atoms with Crippen molar-refractivity contribution in [2.24, 2.45) is 0 Å². The van der Waals surface area contributed by atoms with E-state index in [1.54, 1.807) is 0 Å². The average molecular weight is 251 g/mol. The molecule has 0 aromatic carbocycles. The van der Waals surface area contributed by atoms with Gasteiger partial charge in [-0.1, -0.05) is 11.6 Å². The van der Waals surface area contributed by atoms with Gasteiger partial charge in [-0.3, -0.25) is 4.79 Å². The monoisotopic (exact) mass is 250 g/mol. The maximum atomic E-state index is 12.4. The molecule has 0 radical (unpaired) electrons. The van der Waals surface area contributed by atoms with Gasteiger partial charge in [0.25, 0.3) is 11.7 Å². The fourth-order valence-electron chi connectivity index (χ4n) is 0.964. The predicted octanol–water partition coefficient (Wildman–Crippen LogP) is 2.92. The molecular weight excluding hydrogens is 249 g/mol. The molecule has 0 saturated carbocycles. The lowest BCUT2D eigenvalue weighted by atomic mass is 10.1. The number of carbonyl (C=O) groups is 1. The summed E-state index contributed by atoms with van der Waals surface area (Å²) in [7, 11) is 0. The molecule has 0 unspecified atom stereocenters. The fraction of sp³-hybridized carbons (Fsp3) is 0.125. The number of aromatic nitrogens is 1. The summed E-state index contributed by atoms with van der Waals surface area (Å²) in [6, 6.07) is 2.28. The molecule has 0 aliphatic carbocycles. The zero-order chi connectivity index (χ0) is 11.6. The Morgan fingerprint density at radius 1 is 1.60 bits per heavy atom. The third kappa shape index (κ3) is 2.41. The minimum atomic E-state index is -2.92. The zero-order valence-electron chi connectivity index (χ0n) is 6.97. The molecule has 1 rings (SSSR count). The second-order valence-corrected chi connectivity index (χ2v) is 3.17. The lowest BCUT2D eigenvalue weighted by molar-refractivity contribution is 0.107. The summed E-state index contributed by atoms with van der Waals surface area (Å²) >= 11 is 10.5. The largest absolute Gasteiger partial charge is 0.274 e. The molecule has 7 heteroatoms. The van der Waals surface area contributed by atoms with Crippen molar-refractivity contribution in [1.82, 2.24) is 4.98 Å². The van der Waals surface area contributed by atoms with E-state index in [1.165, 1.54) is 6.07 Å². The number of pyridine rings is 1. The molecule has 0 atom stereocenters. The van der Waals surface area contributed by atoms with Crippen LogP contribution in [0.4, 0.5) is 8.78 Å². The second kappa shape index (κ2) is 4.51. The Morgan fingerprint density at radius 2 is 2.20 bits per heavy atom. The summed E-state index contributed by atoms with van der Waals surface area (Å²) in [4.78, 5) is 14.2. The Bertz CT molecular complexity index is 457. The number of nitriles is 1. The smallest absolute Gasteiger partial charge is 0.272 e.